The minimum atomic E-state index is -2.61. The van der Waals surface area contributed by atoms with Crippen LogP contribution in [0.1, 0.15) is 19.3 Å². The third-order valence-electron chi connectivity index (χ3n) is 2.98. The lowest BCUT2D eigenvalue weighted by molar-refractivity contribution is -0.158. The van der Waals surface area contributed by atoms with Crippen molar-refractivity contribution in [2.75, 3.05) is 13.1 Å². The molecule has 88 valence electrons. The second-order valence-corrected chi connectivity index (χ2v) is 4.29. The average molecular weight is 241 g/mol. The van der Waals surface area contributed by atoms with Crippen LogP contribution in [0.15, 0.2) is 0 Å². The molecule has 0 bridgehead atoms. The van der Waals surface area contributed by atoms with Crippen LogP contribution in [0.25, 0.3) is 0 Å². The standard InChI is InChI=1S/C9H14F2N2O.ClH/c10-9(11)3-6(4-9)8(14)13-2-1-7(12)5-13;/h6-7H,1-5,12H2;1H/t7-;/m0./s1. The summed E-state index contributed by atoms with van der Waals surface area (Å²) in [6, 6.07) is 0.0273. The number of hydrogen-bond acceptors (Lipinski definition) is 2. The second-order valence-electron chi connectivity index (χ2n) is 4.29. The highest BCUT2D eigenvalue weighted by Gasteiger charge is 2.50. The summed E-state index contributed by atoms with van der Waals surface area (Å²) in [6.45, 7) is 1.16. The monoisotopic (exact) mass is 240 g/mol. The van der Waals surface area contributed by atoms with E-state index in [9.17, 15) is 13.6 Å². The van der Waals surface area contributed by atoms with E-state index in [2.05, 4.69) is 0 Å². The molecule has 3 nitrogen and oxygen atoms in total. The molecule has 0 unspecified atom stereocenters. The molecule has 1 amide bonds. The average Bonchev–Trinajstić information content (AvgIpc) is 2.46. The number of amides is 1. The predicted molar refractivity (Wildman–Crippen MR) is 54.1 cm³/mol. The topological polar surface area (TPSA) is 46.3 Å². The number of alkyl halides is 2. The van der Waals surface area contributed by atoms with Gasteiger partial charge in [0.1, 0.15) is 0 Å². The number of carbonyl (C=O) groups is 1. The van der Waals surface area contributed by atoms with Gasteiger partial charge in [-0.2, -0.15) is 0 Å². The Morgan fingerprint density at radius 2 is 2.00 bits per heavy atom. The fourth-order valence-electron chi connectivity index (χ4n) is 2.08. The molecule has 1 saturated carbocycles. The van der Waals surface area contributed by atoms with Gasteiger partial charge in [0.2, 0.25) is 11.8 Å². The molecule has 0 aromatic carbocycles. The van der Waals surface area contributed by atoms with Crippen LogP contribution in [0.2, 0.25) is 0 Å². The summed E-state index contributed by atoms with van der Waals surface area (Å²) in [5.41, 5.74) is 5.63. The van der Waals surface area contributed by atoms with E-state index in [0.29, 0.717) is 13.1 Å². The zero-order chi connectivity index (χ0) is 10.3. The molecule has 1 aliphatic heterocycles. The Morgan fingerprint density at radius 1 is 1.40 bits per heavy atom. The smallest absolute Gasteiger partial charge is 0.249 e. The predicted octanol–water partition coefficient (Wildman–Crippen LogP) is 1.01. The van der Waals surface area contributed by atoms with E-state index in [1.54, 1.807) is 4.90 Å². The van der Waals surface area contributed by atoms with E-state index < -0.39 is 11.8 Å². The molecule has 0 aromatic rings. The molecule has 2 N–H and O–H groups in total. The van der Waals surface area contributed by atoms with Crippen LogP contribution in [0.3, 0.4) is 0 Å². The van der Waals surface area contributed by atoms with Crippen LogP contribution >= 0.6 is 12.4 Å². The summed E-state index contributed by atoms with van der Waals surface area (Å²) < 4.78 is 25.0. The van der Waals surface area contributed by atoms with Crippen molar-refractivity contribution in [1.29, 1.82) is 0 Å². The van der Waals surface area contributed by atoms with Crippen LogP contribution in [0.5, 0.6) is 0 Å². The molecule has 0 radical (unpaired) electrons. The molecule has 2 aliphatic rings. The molecular formula is C9H15ClF2N2O. The Bertz CT molecular complexity index is 254. The molecular weight excluding hydrogens is 226 g/mol. The van der Waals surface area contributed by atoms with Crippen molar-refractivity contribution in [3.63, 3.8) is 0 Å². The van der Waals surface area contributed by atoms with Gasteiger partial charge in [-0.05, 0) is 6.42 Å². The maximum Gasteiger partial charge on any atom is 0.249 e. The fourth-order valence-corrected chi connectivity index (χ4v) is 2.08. The van der Waals surface area contributed by atoms with E-state index >= 15 is 0 Å². The molecule has 2 fully saturated rings. The van der Waals surface area contributed by atoms with Crippen molar-refractivity contribution in [3.8, 4) is 0 Å². The highest BCUT2D eigenvalue weighted by molar-refractivity contribution is 5.85. The SMILES string of the molecule is Cl.N[C@H]1CCN(C(=O)C2CC(F)(F)C2)C1. The quantitative estimate of drug-likeness (QED) is 0.744. The Hall–Kier alpha value is -0.420. The lowest BCUT2D eigenvalue weighted by Gasteiger charge is -2.36. The molecule has 1 heterocycles. The highest BCUT2D eigenvalue weighted by Crippen LogP contribution is 2.43. The lowest BCUT2D eigenvalue weighted by atomic mass is 9.80. The van der Waals surface area contributed by atoms with E-state index in [4.69, 9.17) is 5.73 Å². The molecule has 1 saturated heterocycles. The molecule has 0 aromatic heterocycles. The third-order valence-corrected chi connectivity index (χ3v) is 2.98. The van der Waals surface area contributed by atoms with Crippen molar-refractivity contribution >= 4 is 18.3 Å². The molecule has 15 heavy (non-hydrogen) atoms. The largest absolute Gasteiger partial charge is 0.341 e. The Labute approximate surface area is 93.4 Å². The van der Waals surface area contributed by atoms with Crippen LogP contribution in [0.4, 0.5) is 8.78 Å². The number of rotatable bonds is 1. The summed E-state index contributed by atoms with van der Waals surface area (Å²) in [7, 11) is 0. The van der Waals surface area contributed by atoms with Crippen LogP contribution in [-0.2, 0) is 4.79 Å². The highest BCUT2D eigenvalue weighted by atomic mass is 35.5. The van der Waals surface area contributed by atoms with E-state index in [-0.39, 0.29) is 37.2 Å². The molecule has 6 heteroatoms. The van der Waals surface area contributed by atoms with Crippen LogP contribution < -0.4 is 5.73 Å². The third kappa shape index (κ3) is 2.58. The summed E-state index contributed by atoms with van der Waals surface area (Å²) in [4.78, 5) is 13.2. The van der Waals surface area contributed by atoms with Crippen molar-refractivity contribution in [2.45, 2.75) is 31.2 Å². The second kappa shape index (κ2) is 4.22. The first-order chi connectivity index (χ1) is 6.48. The van der Waals surface area contributed by atoms with Gasteiger partial charge in [0.25, 0.3) is 0 Å². The van der Waals surface area contributed by atoms with Gasteiger partial charge < -0.3 is 10.6 Å². The first-order valence-corrected chi connectivity index (χ1v) is 4.90. The van der Waals surface area contributed by atoms with Crippen molar-refractivity contribution < 1.29 is 13.6 Å². The van der Waals surface area contributed by atoms with Gasteiger partial charge >= 0.3 is 0 Å². The van der Waals surface area contributed by atoms with E-state index in [0.717, 1.165) is 6.42 Å². The lowest BCUT2D eigenvalue weighted by Crippen LogP contribution is -2.46. The van der Waals surface area contributed by atoms with Crippen molar-refractivity contribution in [1.82, 2.24) is 4.90 Å². The summed E-state index contributed by atoms with van der Waals surface area (Å²) in [5.74, 6) is -3.21. The van der Waals surface area contributed by atoms with Crippen molar-refractivity contribution in [2.24, 2.45) is 11.7 Å². The fraction of sp³-hybridized carbons (Fsp3) is 0.889. The number of likely N-dealkylation sites (tertiary alicyclic amines) is 1. The Balaban J connectivity index is 0.00000112. The zero-order valence-electron chi connectivity index (χ0n) is 8.29. The van der Waals surface area contributed by atoms with Gasteiger partial charge in [0.15, 0.2) is 0 Å². The van der Waals surface area contributed by atoms with Crippen LogP contribution in [-0.4, -0.2) is 35.9 Å². The van der Waals surface area contributed by atoms with Gasteiger partial charge in [-0.1, -0.05) is 0 Å². The van der Waals surface area contributed by atoms with Gasteiger partial charge in [0.05, 0.1) is 0 Å². The molecule has 2 rings (SSSR count). The maximum atomic E-state index is 12.5. The number of nitrogens with zero attached hydrogens (tertiary/aromatic N) is 1. The molecule has 1 atom stereocenters. The zero-order valence-corrected chi connectivity index (χ0v) is 9.10. The minimum absolute atomic E-state index is 0. The maximum absolute atomic E-state index is 12.5. The van der Waals surface area contributed by atoms with Gasteiger partial charge in [-0.15, -0.1) is 12.4 Å². The Kier molecular flexibility index (Phi) is 3.55. The molecule has 0 spiro atoms. The van der Waals surface area contributed by atoms with Crippen molar-refractivity contribution in [3.05, 3.63) is 0 Å². The van der Waals surface area contributed by atoms with Gasteiger partial charge in [0, 0.05) is 37.9 Å². The first-order valence-electron chi connectivity index (χ1n) is 4.90. The first kappa shape index (κ1) is 12.6. The number of nitrogens with two attached hydrogens (primary N) is 1. The Morgan fingerprint density at radius 3 is 2.40 bits per heavy atom. The number of halogens is 3. The van der Waals surface area contributed by atoms with Gasteiger partial charge in [-0.3, -0.25) is 4.79 Å². The number of carbonyl (C=O) groups excluding carboxylic acids is 1. The number of hydrogen-bond donors (Lipinski definition) is 1. The van der Waals surface area contributed by atoms with Crippen LogP contribution in [0, 0.1) is 5.92 Å². The summed E-state index contributed by atoms with van der Waals surface area (Å²) in [5, 5.41) is 0. The van der Waals surface area contributed by atoms with Gasteiger partial charge in [-0.25, -0.2) is 8.78 Å². The normalized spacial score (nSPS) is 29.5. The van der Waals surface area contributed by atoms with E-state index in [1.165, 1.54) is 0 Å². The van der Waals surface area contributed by atoms with E-state index in [1.807, 2.05) is 0 Å². The minimum Gasteiger partial charge on any atom is -0.341 e. The summed E-state index contributed by atoms with van der Waals surface area (Å²) in [6.07, 6.45) is 0.226. The molecule has 1 aliphatic carbocycles. The summed E-state index contributed by atoms with van der Waals surface area (Å²) >= 11 is 0.